The first-order chi connectivity index (χ1) is 12.1. The van der Waals surface area contributed by atoms with E-state index in [1.165, 1.54) is 0 Å². The third kappa shape index (κ3) is 4.92. The second-order valence-electron chi connectivity index (χ2n) is 6.58. The van der Waals surface area contributed by atoms with Gasteiger partial charge in [0.1, 0.15) is 17.5 Å². The number of nitrogens with one attached hydrogen (secondary N) is 2. The maximum absolute atomic E-state index is 12.6. The summed E-state index contributed by atoms with van der Waals surface area (Å²) in [6, 6.07) is 5.45. The SMILES string of the molecule is Cc1nc(NCCNS(=O)(=O)c2cc(C)c(C)cc2C)cc(N(C)C)n1. The van der Waals surface area contributed by atoms with Crippen LogP contribution < -0.4 is 14.9 Å². The van der Waals surface area contributed by atoms with Gasteiger partial charge in [0.15, 0.2) is 0 Å². The molecule has 0 saturated heterocycles. The van der Waals surface area contributed by atoms with Crippen molar-refractivity contribution in [3.05, 3.63) is 40.7 Å². The molecule has 0 aliphatic heterocycles. The highest BCUT2D eigenvalue weighted by Crippen LogP contribution is 2.19. The molecule has 8 heteroatoms. The summed E-state index contributed by atoms with van der Waals surface area (Å²) in [6.45, 7) is 8.20. The molecule has 0 atom stereocenters. The summed E-state index contributed by atoms with van der Waals surface area (Å²) in [7, 11) is 0.271. The van der Waals surface area contributed by atoms with Crippen molar-refractivity contribution in [1.82, 2.24) is 14.7 Å². The third-order valence-corrected chi connectivity index (χ3v) is 5.69. The van der Waals surface area contributed by atoms with Crippen LogP contribution >= 0.6 is 0 Å². The fraction of sp³-hybridized carbons (Fsp3) is 0.444. The highest BCUT2D eigenvalue weighted by molar-refractivity contribution is 7.89. The predicted molar refractivity (Wildman–Crippen MR) is 105 cm³/mol. The van der Waals surface area contributed by atoms with E-state index in [2.05, 4.69) is 20.0 Å². The molecule has 2 rings (SSSR count). The lowest BCUT2D eigenvalue weighted by Crippen LogP contribution is -2.29. The monoisotopic (exact) mass is 377 g/mol. The molecule has 1 aromatic heterocycles. The summed E-state index contributed by atoms with van der Waals surface area (Å²) in [6.07, 6.45) is 0. The summed E-state index contributed by atoms with van der Waals surface area (Å²) in [5.41, 5.74) is 2.79. The van der Waals surface area contributed by atoms with E-state index in [0.29, 0.717) is 23.1 Å². The minimum absolute atomic E-state index is 0.259. The number of rotatable bonds is 7. The first-order valence-corrected chi connectivity index (χ1v) is 9.93. The lowest BCUT2D eigenvalue weighted by atomic mass is 10.1. The van der Waals surface area contributed by atoms with Crippen molar-refractivity contribution in [1.29, 1.82) is 0 Å². The van der Waals surface area contributed by atoms with Crippen molar-refractivity contribution in [2.45, 2.75) is 32.6 Å². The van der Waals surface area contributed by atoms with E-state index in [0.717, 1.165) is 22.5 Å². The zero-order chi connectivity index (χ0) is 19.5. The molecule has 2 N–H and O–H groups in total. The first-order valence-electron chi connectivity index (χ1n) is 8.44. The molecule has 1 aromatic carbocycles. The van der Waals surface area contributed by atoms with Gasteiger partial charge >= 0.3 is 0 Å². The van der Waals surface area contributed by atoms with Gasteiger partial charge in [0.2, 0.25) is 10.0 Å². The molecule has 0 bridgehead atoms. The van der Waals surface area contributed by atoms with Crippen LogP contribution in [0, 0.1) is 27.7 Å². The summed E-state index contributed by atoms with van der Waals surface area (Å²) < 4.78 is 27.7. The van der Waals surface area contributed by atoms with Crippen molar-refractivity contribution in [3.8, 4) is 0 Å². The minimum atomic E-state index is -3.55. The van der Waals surface area contributed by atoms with Gasteiger partial charge < -0.3 is 10.2 Å². The van der Waals surface area contributed by atoms with Crippen LogP contribution in [0.1, 0.15) is 22.5 Å². The maximum atomic E-state index is 12.6. The molecule has 26 heavy (non-hydrogen) atoms. The van der Waals surface area contributed by atoms with Crippen LogP contribution in [0.5, 0.6) is 0 Å². The summed E-state index contributed by atoms with van der Waals surface area (Å²) >= 11 is 0. The van der Waals surface area contributed by atoms with Gasteiger partial charge in [0, 0.05) is 33.3 Å². The Morgan fingerprint density at radius 1 is 0.923 bits per heavy atom. The topological polar surface area (TPSA) is 87.2 Å². The number of aromatic nitrogens is 2. The van der Waals surface area contributed by atoms with Gasteiger partial charge in [0.05, 0.1) is 4.90 Å². The Morgan fingerprint density at radius 2 is 1.58 bits per heavy atom. The first kappa shape index (κ1) is 20.1. The number of anilines is 2. The van der Waals surface area contributed by atoms with E-state index in [1.807, 2.05) is 58.8 Å². The molecule has 142 valence electrons. The second-order valence-corrected chi connectivity index (χ2v) is 8.31. The van der Waals surface area contributed by atoms with Gasteiger partial charge in [0.25, 0.3) is 0 Å². The Balaban J connectivity index is 2.01. The van der Waals surface area contributed by atoms with Crippen LogP contribution in [0.25, 0.3) is 0 Å². The predicted octanol–water partition coefficient (Wildman–Crippen LogP) is 2.17. The molecule has 0 saturated carbocycles. The standard InChI is InChI=1S/C18H27N5O2S/c1-12-9-14(3)16(10-13(12)2)26(24,25)20-8-7-19-17-11-18(23(5)6)22-15(4)21-17/h9-11,20H,7-8H2,1-6H3,(H,19,21,22). The molecular weight excluding hydrogens is 350 g/mol. The van der Waals surface area contributed by atoms with Gasteiger partial charge in [-0.15, -0.1) is 0 Å². The van der Waals surface area contributed by atoms with E-state index in [9.17, 15) is 8.42 Å². The number of benzene rings is 1. The average Bonchev–Trinajstić information content (AvgIpc) is 2.54. The number of nitrogens with zero attached hydrogens (tertiary/aromatic N) is 3. The molecule has 0 unspecified atom stereocenters. The summed E-state index contributed by atoms with van der Waals surface area (Å²) in [5, 5.41) is 3.14. The van der Waals surface area contributed by atoms with Crippen LogP contribution in [0.15, 0.2) is 23.1 Å². The quantitative estimate of drug-likeness (QED) is 0.719. The zero-order valence-corrected chi connectivity index (χ0v) is 17.0. The average molecular weight is 378 g/mol. The molecule has 0 spiro atoms. The van der Waals surface area contributed by atoms with Crippen molar-refractivity contribution >= 4 is 21.7 Å². The molecule has 0 radical (unpaired) electrons. The van der Waals surface area contributed by atoms with Gasteiger partial charge in [-0.1, -0.05) is 6.07 Å². The van der Waals surface area contributed by atoms with Crippen LogP contribution in [0.4, 0.5) is 11.6 Å². The smallest absolute Gasteiger partial charge is 0.240 e. The van der Waals surface area contributed by atoms with Crippen molar-refractivity contribution in [2.75, 3.05) is 37.4 Å². The Kier molecular flexibility index (Phi) is 6.20. The van der Waals surface area contributed by atoms with E-state index in [-0.39, 0.29) is 6.54 Å². The Hall–Kier alpha value is -2.19. The molecule has 1 heterocycles. The van der Waals surface area contributed by atoms with Crippen molar-refractivity contribution in [3.63, 3.8) is 0 Å². The normalized spacial score (nSPS) is 11.5. The van der Waals surface area contributed by atoms with Crippen molar-refractivity contribution < 1.29 is 8.42 Å². The highest BCUT2D eigenvalue weighted by atomic mass is 32.2. The Morgan fingerprint density at radius 3 is 2.23 bits per heavy atom. The number of sulfonamides is 1. The van der Waals surface area contributed by atoms with Gasteiger partial charge in [-0.3, -0.25) is 0 Å². The number of hydrogen-bond acceptors (Lipinski definition) is 6. The van der Waals surface area contributed by atoms with Crippen LogP contribution in [0.2, 0.25) is 0 Å². The largest absolute Gasteiger partial charge is 0.369 e. The summed E-state index contributed by atoms with van der Waals surface area (Å²) in [4.78, 5) is 10.9. The maximum Gasteiger partial charge on any atom is 0.240 e. The van der Waals surface area contributed by atoms with Crippen LogP contribution in [0.3, 0.4) is 0 Å². The Labute approximate surface area is 155 Å². The zero-order valence-electron chi connectivity index (χ0n) is 16.2. The van der Waals surface area contributed by atoms with E-state index >= 15 is 0 Å². The molecule has 0 aliphatic rings. The second kappa shape index (κ2) is 8.01. The highest BCUT2D eigenvalue weighted by Gasteiger charge is 2.17. The van der Waals surface area contributed by atoms with E-state index in [1.54, 1.807) is 6.07 Å². The molecule has 0 aliphatic carbocycles. The van der Waals surface area contributed by atoms with Crippen LogP contribution in [-0.4, -0.2) is 45.6 Å². The van der Waals surface area contributed by atoms with E-state index < -0.39 is 10.0 Å². The Bertz CT molecular complexity index is 895. The molecular formula is C18H27N5O2S. The van der Waals surface area contributed by atoms with Crippen LogP contribution in [-0.2, 0) is 10.0 Å². The summed E-state index contributed by atoms with van der Waals surface area (Å²) in [5.74, 6) is 2.12. The number of aryl methyl sites for hydroxylation is 4. The third-order valence-electron chi connectivity index (χ3n) is 4.09. The fourth-order valence-corrected chi connectivity index (χ4v) is 3.89. The fourth-order valence-electron chi connectivity index (χ4n) is 2.55. The minimum Gasteiger partial charge on any atom is -0.369 e. The lowest BCUT2D eigenvalue weighted by molar-refractivity contribution is 0.582. The number of hydrogen-bond donors (Lipinski definition) is 2. The van der Waals surface area contributed by atoms with Gasteiger partial charge in [-0.2, -0.15) is 0 Å². The van der Waals surface area contributed by atoms with Crippen molar-refractivity contribution in [2.24, 2.45) is 0 Å². The lowest BCUT2D eigenvalue weighted by Gasteiger charge is -2.14. The molecule has 2 aromatic rings. The molecule has 0 amide bonds. The van der Waals surface area contributed by atoms with Gasteiger partial charge in [-0.25, -0.2) is 23.1 Å². The van der Waals surface area contributed by atoms with E-state index in [4.69, 9.17) is 0 Å². The molecule has 0 fully saturated rings. The van der Waals surface area contributed by atoms with Gasteiger partial charge in [-0.05, 0) is 50.5 Å². The molecule has 7 nitrogen and oxygen atoms in total.